The standard InChI is InChI=1S/C20H21FN4S/c1-14-19(23-20(26)22-12-16-6-4-3-5-7-16)15(2)25(24-14)13-17-8-10-18(21)11-9-17/h3-11H,12-13H2,1-2H3,(H2,22,23,26). The van der Waals surface area contributed by atoms with Gasteiger partial charge in [0.1, 0.15) is 5.82 Å². The number of hydrogen-bond acceptors (Lipinski definition) is 2. The molecule has 0 unspecified atom stereocenters. The molecule has 0 amide bonds. The Kier molecular flexibility index (Phi) is 5.63. The van der Waals surface area contributed by atoms with Crippen LogP contribution in [0.5, 0.6) is 0 Å². The van der Waals surface area contributed by atoms with Gasteiger partial charge in [-0.05, 0) is 49.3 Å². The lowest BCUT2D eigenvalue weighted by atomic mass is 10.2. The number of aromatic nitrogens is 2. The lowest BCUT2D eigenvalue weighted by Crippen LogP contribution is -2.28. The van der Waals surface area contributed by atoms with Crippen molar-refractivity contribution in [3.8, 4) is 0 Å². The Morgan fingerprint density at radius 1 is 1.04 bits per heavy atom. The molecule has 4 nitrogen and oxygen atoms in total. The molecule has 0 fully saturated rings. The SMILES string of the molecule is Cc1nn(Cc2ccc(F)cc2)c(C)c1NC(=S)NCc1ccccc1. The van der Waals surface area contributed by atoms with Crippen molar-refractivity contribution in [2.45, 2.75) is 26.9 Å². The molecule has 2 aromatic carbocycles. The summed E-state index contributed by atoms with van der Waals surface area (Å²) in [6.45, 7) is 5.18. The molecule has 26 heavy (non-hydrogen) atoms. The lowest BCUT2D eigenvalue weighted by molar-refractivity contribution is 0.622. The summed E-state index contributed by atoms with van der Waals surface area (Å²) in [5.74, 6) is -0.237. The highest BCUT2D eigenvalue weighted by atomic mass is 32.1. The van der Waals surface area contributed by atoms with Gasteiger partial charge < -0.3 is 10.6 Å². The Balaban J connectivity index is 1.65. The van der Waals surface area contributed by atoms with Crippen LogP contribution in [0.3, 0.4) is 0 Å². The van der Waals surface area contributed by atoms with Crippen LogP contribution in [0.25, 0.3) is 0 Å². The number of thiocarbonyl (C=S) groups is 1. The van der Waals surface area contributed by atoms with Crippen LogP contribution in [0, 0.1) is 19.7 Å². The molecular weight excluding hydrogens is 347 g/mol. The van der Waals surface area contributed by atoms with E-state index in [1.165, 1.54) is 12.1 Å². The Morgan fingerprint density at radius 3 is 2.42 bits per heavy atom. The molecule has 0 aliphatic carbocycles. The molecule has 0 saturated carbocycles. The second-order valence-corrected chi connectivity index (χ2v) is 6.53. The minimum atomic E-state index is -0.237. The van der Waals surface area contributed by atoms with E-state index in [0.29, 0.717) is 18.2 Å². The average molecular weight is 368 g/mol. The fourth-order valence-corrected chi connectivity index (χ4v) is 2.90. The Morgan fingerprint density at radius 2 is 1.73 bits per heavy atom. The van der Waals surface area contributed by atoms with Gasteiger partial charge in [-0.2, -0.15) is 5.10 Å². The molecule has 0 saturated heterocycles. The van der Waals surface area contributed by atoms with Crippen molar-refractivity contribution in [1.29, 1.82) is 0 Å². The monoisotopic (exact) mass is 368 g/mol. The first-order valence-corrected chi connectivity index (χ1v) is 8.81. The number of aryl methyl sites for hydroxylation is 1. The molecule has 2 N–H and O–H groups in total. The number of rotatable bonds is 5. The second-order valence-electron chi connectivity index (χ2n) is 6.12. The fourth-order valence-electron chi connectivity index (χ4n) is 2.73. The van der Waals surface area contributed by atoms with Crippen LogP contribution >= 0.6 is 12.2 Å². The maximum Gasteiger partial charge on any atom is 0.171 e. The predicted octanol–water partition coefficient (Wildman–Crippen LogP) is 4.17. The van der Waals surface area contributed by atoms with Crippen LogP contribution in [0.15, 0.2) is 54.6 Å². The van der Waals surface area contributed by atoms with Gasteiger partial charge in [0.2, 0.25) is 0 Å². The predicted molar refractivity (Wildman–Crippen MR) is 107 cm³/mol. The summed E-state index contributed by atoms with van der Waals surface area (Å²) in [7, 11) is 0. The minimum Gasteiger partial charge on any atom is -0.358 e. The Bertz CT molecular complexity index is 888. The van der Waals surface area contributed by atoms with Crippen LogP contribution < -0.4 is 10.6 Å². The van der Waals surface area contributed by atoms with Crippen molar-refractivity contribution in [3.63, 3.8) is 0 Å². The van der Waals surface area contributed by atoms with Gasteiger partial charge in [0, 0.05) is 6.54 Å². The van der Waals surface area contributed by atoms with Crippen LogP contribution in [0.2, 0.25) is 0 Å². The first-order valence-electron chi connectivity index (χ1n) is 8.40. The topological polar surface area (TPSA) is 41.9 Å². The van der Waals surface area contributed by atoms with E-state index in [9.17, 15) is 4.39 Å². The molecule has 0 radical (unpaired) electrons. The summed E-state index contributed by atoms with van der Waals surface area (Å²) >= 11 is 5.41. The van der Waals surface area contributed by atoms with Crippen molar-refractivity contribution in [2.75, 3.05) is 5.32 Å². The van der Waals surface area contributed by atoms with Crippen LogP contribution in [-0.2, 0) is 13.1 Å². The largest absolute Gasteiger partial charge is 0.358 e. The molecule has 1 aromatic heterocycles. The van der Waals surface area contributed by atoms with E-state index in [1.54, 1.807) is 12.1 Å². The Hall–Kier alpha value is -2.73. The van der Waals surface area contributed by atoms with Gasteiger partial charge >= 0.3 is 0 Å². The van der Waals surface area contributed by atoms with Gasteiger partial charge in [0.05, 0.1) is 23.6 Å². The van der Waals surface area contributed by atoms with Crippen molar-refractivity contribution in [1.82, 2.24) is 15.1 Å². The third-order valence-electron chi connectivity index (χ3n) is 4.16. The summed E-state index contributed by atoms with van der Waals surface area (Å²) < 4.78 is 15.0. The molecule has 3 aromatic rings. The minimum absolute atomic E-state index is 0.237. The highest BCUT2D eigenvalue weighted by molar-refractivity contribution is 7.80. The molecule has 0 bridgehead atoms. The van der Waals surface area contributed by atoms with E-state index < -0.39 is 0 Å². The molecule has 1 heterocycles. The Labute approximate surface area is 158 Å². The highest BCUT2D eigenvalue weighted by Crippen LogP contribution is 2.20. The summed E-state index contributed by atoms with van der Waals surface area (Å²) in [4.78, 5) is 0. The maximum absolute atomic E-state index is 13.1. The molecule has 6 heteroatoms. The number of benzene rings is 2. The zero-order chi connectivity index (χ0) is 18.5. The quantitative estimate of drug-likeness (QED) is 0.663. The highest BCUT2D eigenvalue weighted by Gasteiger charge is 2.13. The van der Waals surface area contributed by atoms with Crippen molar-refractivity contribution >= 4 is 23.0 Å². The molecular formula is C20H21FN4S. The van der Waals surface area contributed by atoms with Gasteiger partial charge in [-0.15, -0.1) is 0 Å². The van der Waals surface area contributed by atoms with E-state index in [1.807, 2.05) is 48.9 Å². The van der Waals surface area contributed by atoms with Gasteiger partial charge in [-0.1, -0.05) is 42.5 Å². The average Bonchev–Trinajstić information content (AvgIpc) is 2.90. The van der Waals surface area contributed by atoms with E-state index in [-0.39, 0.29) is 5.82 Å². The van der Waals surface area contributed by atoms with Crippen molar-refractivity contribution < 1.29 is 4.39 Å². The van der Waals surface area contributed by atoms with Gasteiger partial charge in [0.15, 0.2) is 5.11 Å². The van der Waals surface area contributed by atoms with Crippen LogP contribution in [0.1, 0.15) is 22.5 Å². The van der Waals surface area contributed by atoms with Gasteiger partial charge in [-0.25, -0.2) is 4.39 Å². The van der Waals surface area contributed by atoms with E-state index >= 15 is 0 Å². The van der Waals surface area contributed by atoms with Gasteiger partial charge in [-0.3, -0.25) is 4.68 Å². The molecule has 134 valence electrons. The maximum atomic E-state index is 13.1. The zero-order valence-electron chi connectivity index (χ0n) is 14.8. The zero-order valence-corrected chi connectivity index (χ0v) is 15.6. The summed E-state index contributed by atoms with van der Waals surface area (Å²) in [6, 6.07) is 16.5. The van der Waals surface area contributed by atoms with Gasteiger partial charge in [0.25, 0.3) is 0 Å². The third-order valence-corrected chi connectivity index (χ3v) is 4.41. The number of nitrogens with one attached hydrogen (secondary N) is 2. The molecule has 0 atom stereocenters. The fraction of sp³-hybridized carbons (Fsp3) is 0.200. The number of halogens is 1. The molecule has 3 rings (SSSR count). The number of hydrogen-bond donors (Lipinski definition) is 2. The van der Waals surface area contributed by atoms with E-state index in [0.717, 1.165) is 28.2 Å². The number of nitrogens with zero attached hydrogens (tertiary/aromatic N) is 2. The van der Waals surface area contributed by atoms with E-state index in [4.69, 9.17) is 12.2 Å². The first-order chi connectivity index (χ1) is 12.5. The summed E-state index contributed by atoms with van der Waals surface area (Å²) in [5.41, 5.74) is 4.91. The first kappa shape index (κ1) is 18.1. The smallest absolute Gasteiger partial charge is 0.171 e. The third kappa shape index (κ3) is 4.46. The molecule has 0 aliphatic heterocycles. The second kappa shape index (κ2) is 8.10. The van der Waals surface area contributed by atoms with Crippen LogP contribution in [0.4, 0.5) is 10.1 Å². The van der Waals surface area contributed by atoms with Crippen LogP contribution in [-0.4, -0.2) is 14.9 Å². The normalized spacial score (nSPS) is 10.6. The van der Waals surface area contributed by atoms with Crippen molar-refractivity contribution in [3.05, 3.63) is 82.9 Å². The van der Waals surface area contributed by atoms with Crippen molar-refractivity contribution in [2.24, 2.45) is 0 Å². The molecule has 0 spiro atoms. The number of anilines is 1. The molecule has 0 aliphatic rings. The lowest BCUT2D eigenvalue weighted by Gasteiger charge is -2.11. The summed E-state index contributed by atoms with van der Waals surface area (Å²) in [5, 5.41) is 11.6. The summed E-state index contributed by atoms with van der Waals surface area (Å²) in [6.07, 6.45) is 0. The van der Waals surface area contributed by atoms with E-state index in [2.05, 4.69) is 15.7 Å².